The number of pyridine rings is 1. The minimum absolute atomic E-state index is 0.196. The van der Waals surface area contributed by atoms with Crippen molar-refractivity contribution < 1.29 is 4.92 Å². The van der Waals surface area contributed by atoms with Crippen LogP contribution in [0.2, 0.25) is 5.02 Å². The second kappa shape index (κ2) is 2.62. The summed E-state index contributed by atoms with van der Waals surface area (Å²) >= 11 is 5.39. The molecule has 51 valence electrons. The highest BCUT2D eigenvalue weighted by Gasteiger charge is 2.05. The fourth-order valence-corrected chi connectivity index (χ4v) is 0.588. The van der Waals surface area contributed by atoms with E-state index in [1.807, 2.05) is 0 Å². The van der Waals surface area contributed by atoms with Crippen LogP contribution in [-0.4, -0.2) is 9.91 Å². The second-order valence-electron chi connectivity index (χ2n) is 1.50. The van der Waals surface area contributed by atoms with Crippen molar-refractivity contribution in [1.29, 1.82) is 0 Å². The Labute approximate surface area is 61.6 Å². The van der Waals surface area contributed by atoms with Crippen LogP contribution in [-0.2, 0) is 0 Å². The third kappa shape index (κ3) is 1.41. The highest BCUT2D eigenvalue weighted by atomic mass is 35.5. The zero-order valence-electron chi connectivity index (χ0n) is 4.74. The molecular weight excluding hydrogens is 156 g/mol. The van der Waals surface area contributed by atoms with Crippen molar-refractivity contribution in [2.24, 2.45) is 0 Å². The quantitative estimate of drug-likeness (QED) is 0.458. The largest absolute Gasteiger partial charge is 0.373 e. The SMILES string of the molecule is O=[N+]([O-])c1[c]c(Cl)ccn1. The van der Waals surface area contributed by atoms with Gasteiger partial charge in [0.15, 0.2) is 0 Å². The van der Waals surface area contributed by atoms with Gasteiger partial charge < -0.3 is 10.1 Å². The van der Waals surface area contributed by atoms with Gasteiger partial charge in [0.2, 0.25) is 0 Å². The van der Waals surface area contributed by atoms with E-state index in [1.54, 1.807) is 0 Å². The van der Waals surface area contributed by atoms with Gasteiger partial charge in [0.05, 0.1) is 5.02 Å². The van der Waals surface area contributed by atoms with E-state index in [2.05, 4.69) is 11.1 Å². The van der Waals surface area contributed by atoms with Crippen LogP contribution in [0.4, 0.5) is 5.82 Å². The predicted octanol–water partition coefficient (Wildman–Crippen LogP) is 1.44. The Morgan fingerprint density at radius 2 is 2.50 bits per heavy atom. The molecule has 0 aliphatic heterocycles. The van der Waals surface area contributed by atoms with Gasteiger partial charge in [0.25, 0.3) is 0 Å². The van der Waals surface area contributed by atoms with Gasteiger partial charge in [-0.25, -0.2) is 0 Å². The van der Waals surface area contributed by atoms with Crippen LogP contribution in [0.5, 0.6) is 0 Å². The number of rotatable bonds is 1. The van der Waals surface area contributed by atoms with Gasteiger partial charge in [-0.3, -0.25) is 0 Å². The van der Waals surface area contributed by atoms with E-state index in [-0.39, 0.29) is 10.8 Å². The summed E-state index contributed by atoms with van der Waals surface area (Å²) in [7, 11) is 0. The molecule has 1 aromatic heterocycles. The maximum absolute atomic E-state index is 10.0. The standard InChI is InChI=1S/C5H2ClN2O2/c6-4-1-2-7-5(3-4)8(9)10/h1-2H. The molecule has 0 fully saturated rings. The zero-order chi connectivity index (χ0) is 7.56. The van der Waals surface area contributed by atoms with Gasteiger partial charge in [-0.1, -0.05) is 11.6 Å². The Hall–Kier alpha value is -1.16. The van der Waals surface area contributed by atoms with Gasteiger partial charge in [-0.15, -0.1) is 0 Å². The molecule has 1 aromatic rings. The summed E-state index contributed by atoms with van der Waals surface area (Å²) < 4.78 is 0. The smallest absolute Gasteiger partial charge is 0.358 e. The molecule has 0 atom stereocenters. The second-order valence-corrected chi connectivity index (χ2v) is 1.91. The van der Waals surface area contributed by atoms with Crippen LogP contribution >= 0.6 is 11.6 Å². The molecule has 4 nitrogen and oxygen atoms in total. The Balaban J connectivity index is 3.07. The van der Waals surface area contributed by atoms with Crippen LogP contribution in [0.15, 0.2) is 12.3 Å². The van der Waals surface area contributed by atoms with Crippen LogP contribution < -0.4 is 0 Å². The third-order valence-corrected chi connectivity index (χ3v) is 1.04. The fraction of sp³-hybridized carbons (Fsp3) is 0. The van der Waals surface area contributed by atoms with Crippen molar-refractivity contribution in [2.75, 3.05) is 0 Å². The lowest BCUT2D eigenvalue weighted by molar-refractivity contribution is -0.389. The van der Waals surface area contributed by atoms with Crippen LogP contribution in [0.1, 0.15) is 0 Å². The first-order valence-electron chi connectivity index (χ1n) is 2.38. The molecule has 5 heteroatoms. The molecule has 0 aliphatic carbocycles. The minimum atomic E-state index is -0.647. The topological polar surface area (TPSA) is 56.0 Å². The van der Waals surface area contributed by atoms with Gasteiger partial charge in [0.1, 0.15) is 12.3 Å². The first kappa shape index (κ1) is 6.95. The summed E-state index contributed by atoms with van der Waals surface area (Å²) in [6.45, 7) is 0. The lowest BCUT2D eigenvalue weighted by atomic mass is 10.5. The Morgan fingerprint density at radius 1 is 1.80 bits per heavy atom. The average molecular weight is 158 g/mol. The predicted molar refractivity (Wildman–Crippen MR) is 34.7 cm³/mol. The molecule has 0 N–H and O–H groups in total. The fourth-order valence-electron chi connectivity index (χ4n) is 0.447. The van der Waals surface area contributed by atoms with Crippen LogP contribution in [0, 0.1) is 16.2 Å². The number of hydrogen-bond donors (Lipinski definition) is 0. The van der Waals surface area contributed by atoms with Crippen molar-refractivity contribution in [2.45, 2.75) is 0 Å². The molecule has 0 unspecified atom stereocenters. The monoisotopic (exact) mass is 157 g/mol. The summed E-state index contributed by atoms with van der Waals surface area (Å²) in [5, 5.41) is 10.2. The number of nitro groups is 1. The molecule has 1 heterocycles. The summed E-state index contributed by atoms with van der Waals surface area (Å²) in [6.07, 6.45) is 1.26. The van der Waals surface area contributed by atoms with Gasteiger partial charge in [0, 0.05) is 6.07 Å². The molecule has 0 amide bonds. The van der Waals surface area contributed by atoms with Gasteiger partial charge in [-0.05, 0) is 9.91 Å². The van der Waals surface area contributed by atoms with Crippen molar-refractivity contribution in [3.63, 3.8) is 0 Å². The lowest BCUT2D eigenvalue weighted by Gasteiger charge is -1.88. The molecule has 0 saturated carbocycles. The molecular formula is C5H2ClN2O2. The minimum Gasteiger partial charge on any atom is -0.358 e. The van der Waals surface area contributed by atoms with E-state index in [4.69, 9.17) is 11.6 Å². The molecule has 1 radical (unpaired) electrons. The van der Waals surface area contributed by atoms with Gasteiger partial charge >= 0.3 is 5.82 Å². The zero-order valence-corrected chi connectivity index (χ0v) is 5.50. The Kier molecular flexibility index (Phi) is 1.82. The summed E-state index contributed by atoms with van der Waals surface area (Å²) in [5.74, 6) is -0.354. The third-order valence-electron chi connectivity index (χ3n) is 0.822. The highest BCUT2D eigenvalue weighted by Crippen LogP contribution is 2.11. The highest BCUT2D eigenvalue weighted by molar-refractivity contribution is 6.30. The van der Waals surface area contributed by atoms with Crippen molar-refractivity contribution in [3.8, 4) is 0 Å². The van der Waals surface area contributed by atoms with E-state index in [1.165, 1.54) is 12.3 Å². The van der Waals surface area contributed by atoms with Gasteiger partial charge in [-0.2, -0.15) is 0 Å². The number of halogens is 1. The Morgan fingerprint density at radius 3 is 2.90 bits per heavy atom. The number of aromatic nitrogens is 1. The van der Waals surface area contributed by atoms with E-state index in [0.29, 0.717) is 0 Å². The molecule has 1 rings (SSSR count). The first-order valence-corrected chi connectivity index (χ1v) is 2.76. The molecule has 0 bridgehead atoms. The lowest BCUT2D eigenvalue weighted by Crippen LogP contribution is -1.90. The maximum atomic E-state index is 10.0. The number of nitrogens with zero attached hydrogens (tertiary/aromatic N) is 2. The van der Waals surface area contributed by atoms with E-state index >= 15 is 0 Å². The van der Waals surface area contributed by atoms with E-state index in [0.717, 1.165) is 0 Å². The molecule has 10 heavy (non-hydrogen) atoms. The summed E-state index contributed by atoms with van der Waals surface area (Å²) in [4.78, 5) is 12.8. The van der Waals surface area contributed by atoms with E-state index in [9.17, 15) is 10.1 Å². The normalized spacial score (nSPS) is 9.30. The van der Waals surface area contributed by atoms with Crippen molar-refractivity contribution in [1.82, 2.24) is 4.98 Å². The van der Waals surface area contributed by atoms with Crippen molar-refractivity contribution >= 4 is 17.4 Å². The molecule has 0 aromatic carbocycles. The summed E-state index contributed by atoms with van der Waals surface area (Å²) in [5.41, 5.74) is 0. The molecule has 0 saturated heterocycles. The van der Waals surface area contributed by atoms with Crippen molar-refractivity contribution in [3.05, 3.63) is 33.5 Å². The number of hydrogen-bond acceptors (Lipinski definition) is 3. The molecule has 0 spiro atoms. The van der Waals surface area contributed by atoms with Crippen LogP contribution in [0.3, 0.4) is 0 Å². The summed E-state index contributed by atoms with van der Waals surface area (Å²) in [6, 6.07) is 3.69. The first-order chi connectivity index (χ1) is 4.70. The average Bonchev–Trinajstić information content (AvgIpc) is 1.88. The maximum Gasteiger partial charge on any atom is 0.373 e. The van der Waals surface area contributed by atoms with Crippen LogP contribution in [0.25, 0.3) is 0 Å². The Bertz CT molecular complexity index is 264. The van der Waals surface area contributed by atoms with E-state index < -0.39 is 4.92 Å². The molecule has 0 aliphatic rings.